The lowest BCUT2D eigenvalue weighted by Crippen LogP contribution is -2.36. The summed E-state index contributed by atoms with van der Waals surface area (Å²) in [5.41, 5.74) is 2.00. The van der Waals surface area contributed by atoms with Gasteiger partial charge in [0.25, 0.3) is 0 Å². The second kappa shape index (κ2) is 7.47. The van der Waals surface area contributed by atoms with Crippen LogP contribution in [0.5, 0.6) is 11.5 Å². The van der Waals surface area contributed by atoms with Crippen LogP contribution in [0.1, 0.15) is 11.1 Å². The Morgan fingerprint density at radius 3 is 2.83 bits per heavy atom. The van der Waals surface area contributed by atoms with Crippen molar-refractivity contribution in [1.29, 1.82) is 0 Å². The SMILES string of the molecule is CN(Cc1cccc(Cl)c1Cl)C(=S)NCc1ccc2c(c1)OCO2. The molecule has 0 aliphatic carbocycles. The van der Waals surface area contributed by atoms with Gasteiger partial charge in [-0.3, -0.25) is 0 Å². The summed E-state index contributed by atoms with van der Waals surface area (Å²) < 4.78 is 10.7. The van der Waals surface area contributed by atoms with E-state index < -0.39 is 0 Å². The molecule has 1 heterocycles. The lowest BCUT2D eigenvalue weighted by molar-refractivity contribution is 0.174. The van der Waals surface area contributed by atoms with Crippen LogP contribution in [0.25, 0.3) is 0 Å². The second-order valence-corrected chi connectivity index (χ2v) is 6.59. The van der Waals surface area contributed by atoms with Crippen molar-refractivity contribution in [1.82, 2.24) is 10.2 Å². The summed E-state index contributed by atoms with van der Waals surface area (Å²) in [6, 6.07) is 11.4. The van der Waals surface area contributed by atoms with Crippen molar-refractivity contribution in [3.63, 3.8) is 0 Å². The molecule has 0 spiro atoms. The number of thiocarbonyl (C=S) groups is 1. The fourth-order valence-corrected chi connectivity index (χ4v) is 2.88. The zero-order valence-electron chi connectivity index (χ0n) is 13.0. The van der Waals surface area contributed by atoms with Gasteiger partial charge in [-0.1, -0.05) is 41.4 Å². The largest absolute Gasteiger partial charge is 0.454 e. The molecule has 0 saturated heterocycles. The van der Waals surface area contributed by atoms with Gasteiger partial charge < -0.3 is 19.7 Å². The highest BCUT2D eigenvalue weighted by molar-refractivity contribution is 7.80. The summed E-state index contributed by atoms with van der Waals surface area (Å²) in [4.78, 5) is 1.92. The van der Waals surface area contributed by atoms with Gasteiger partial charge in [-0.2, -0.15) is 0 Å². The highest BCUT2D eigenvalue weighted by atomic mass is 35.5. The van der Waals surface area contributed by atoms with Crippen molar-refractivity contribution < 1.29 is 9.47 Å². The van der Waals surface area contributed by atoms with Crippen LogP contribution < -0.4 is 14.8 Å². The van der Waals surface area contributed by atoms with Gasteiger partial charge in [-0.25, -0.2) is 0 Å². The number of rotatable bonds is 4. The van der Waals surface area contributed by atoms with Crippen molar-refractivity contribution in [2.45, 2.75) is 13.1 Å². The third-order valence-corrected chi connectivity index (χ3v) is 4.98. The predicted molar refractivity (Wildman–Crippen MR) is 99.9 cm³/mol. The quantitative estimate of drug-likeness (QED) is 0.800. The maximum atomic E-state index is 6.22. The topological polar surface area (TPSA) is 33.7 Å². The monoisotopic (exact) mass is 382 g/mol. The van der Waals surface area contributed by atoms with Crippen molar-refractivity contribution in [3.05, 3.63) is 57.6 Å². The molecule has 0 unspecified atom stereocenters. The summed E-state index contributed by atoms with van der Waals surface area (Å²) in [7, 11) is 1.91. The number of halogens is 2. The van der Waals surface area contributed by atoms with E-state index >= 15 is 0 Å². The molecule has 0 amide bonds. The number of ether oxygens (including phenoxy) is 2. The molecule has 0 fully saturated rings. The summed E-state index contributed by atoms with van der Waals surface area (Å²) in [6.45, 7) is 1.45. The van der Waals surface area contributed by atoms with Crippen molar-refractivity contribution in [2.24, 2.45) is 0 Å². The van der Waals surface area contributed by atoms with Crippen molar-refractivity contribution >= 4 is 40.5 Å². The van der Waals surface area contributed by atoms with E-state index in [1.165, 1.54) is 0 Å². The van der Waals surface area contributed by atoms with E-state index in [9.17, 15) is 0 Å². The van der Waals surface area contributed by atoms with Crippen LogP contribution in [0.4, 0.5) is 0 Å². The van der Waals surface area contributed by atoms with Gasteiger partial charge in [-0.05, 0) is 41.5 Å². The van der Waals surface area contributed by atoms with E-state index in [1.807, 2.05) is 42.3 Å². The van der Waals surface area contributed by atoms with Gasteiger partial charge >= 0.3 is 0 Å². The number of hydrogen-bond acceptors (Lipinski definition) is 3. The third-order valence-electron chi connectivity index (χ3n) is 3.67. The first-order valence-corrected chi connectivity index (χ1v) is 8.51. The van der Waals surface area contributed by atoms with E-state index in [0.29, 0.717) is 28.2 Å². The average Bonchev–Trinajstić information content (AvgIpc) is 3.04. The number of nitrogens with zero attached hydrogens (tertiary/aromatic N) is 1. The molecule has 0 atom stereocenters. The lowest BCUT2D eigenvalue weighted by Gasteiger charge is -2.22. The first-order chi connectivity index (χ1) is 11.5. The minimum Gasteiger partial charge on any atom is -0.454 e. The van der Waals surface area contributed by atoms with Gasteiger partial charge in [0.15, 0.2) is 16.6 Å². The number of benzene rings is 2. The van der Waals surface area contributed by atoms with Crippen LogP contribution in [-0.4, -0.2) is 23.9 Å². The number of nitrogens with one attached hydrogen (secondary N) is 1. The number of fused-ring (bicyclic) bond motifs is 1. The molecule has 0 bridgehead atoms. The van der Waals surface area contributed by atoms with Gasteiger partial charge in [0.05, 0.1) is 10.0 Å². The Morgan fingerprint density at radius 2 is 2.00 bits per heavy atom. The minimum absolute atomic E-state index is 0.272. The molecule has 0 aromatic heterocycles. The van der Waals surface area contributed by atoms with E-state index in [1.54, 1.807) is 6.07 Å². The Morgan fingerprint density at radius 1 is 1.21 bits per heavy atom. The molecule has 4 nitrogen and oxygen atoms in total. The van der Waals surface area contributed by atoms with E-state index in [0.717, 1.165) is 22.6 Å². The van der Waals surface area contributed by atoms with Crippen molar-refractivity contribution in [2.75, 3.05) is 13.8 Å². The Kier molecular flexibility index (Phi) is 5.33. The van der Waals surface area contributed by atoms with Crippen LogP contribution in [-0.2, 0) is 13.1 Å². The molecule has 2 aromatic rings. The predicted octanol–water partition coefficient (Wildman–Crippen LogP) is 4.23. The van der Waals surface area contributed by atoms with E-state index in [-0.39, 0.29) is 6.79 Å². The van der Waals surface area contributed by atoms with Crippen LogP contribution >= 0.6 is 35.4 Å². The first kappa shape index (κ1) is 17.1. The normalized spacial score (nSPS) is 12.1. The summed E-state index contributed by atoms with van der Waals surface area (Å²) in [5, 5.41) is 4.96. The third kappa shape index (κ3) is 3.86. The molecule has 7 heteroatoms. The fraction of sp³-hybridized carbons (Fsp3) is 0.235. The molecule has 2 aromatic carbocycles. The highest BCUT2D eigenvalue weighted by Gasteiger charge is 2.14. The van der Waals surface area contributed by atoms with Crippen LogP contribution in [0.15, 0.2) is 36.4 Å². The maximum Gasteiger partial charge on any atom is 0.231 e. The maximum absolute atomic E-state index is 6.22. The summed E-state index contributed by atoms with van der Waals surface area (Å²) in [6.07, 6.45) is 0. The minimum atomic E-state index is 0.272. The van der Waals surface area contributed by atoms with Crippen LogP contribution in [0.3, 0.4) is 0 Å². The Labute approximate surface area is 156 Å². The van der Waals surface area contributed by atoms with Gasteiger partial charge in [-0.15, -0.1) is 0 Å². The molecule has 126 valence electrons. The zero-order valence-corrected chi connectivity index (χ0v) is 15.3. The molecular weight excluding hydrogens is 367 g/mol. The average molecular weight is 383 g/mol. The van der Waals surface area contributed by atoms with Crippen LogP contribution in [0, 0.1) is 0 Å². The molecule has 0 saturated carbocycles. The smallest absolute Gasteiger partial charge is 0.231 e. The molecular formula is C17H16Cl2N2O2S. The summed E-state index contributed by atoms with van der Waals surface area (Å²) >= 11 is 17.7. The van der Waals surface area contributed by atoms with Crippen molar-refractivity contribution in [3.8, 4) is 11.5 Å². The molecule has 1 aliphatic heterocycles. The Hall–Kier alpha value is -1.69. The standard InChI is InChI=1S/C17H16Cl2N2O2S/c1-21(9-12-3-2-4-13(18)16(12)19)17(24)20-8-11-5-6-14-15(7-11)23-10-22-14/h2-7H,8-10H2,1H3,(H,20,24). The lowest BCUT2D eigenvalue weighted by atomic mass is 10.2. The van der Waals surface area contributed by atoms with Gasteiger partial charge in [0.2, 0.25) is 6.79 Å². The Balaban J connectivity index is 1.57. The molecule has 3 rings (SSSR count). The van der Waals surface area contributed by atoms with E-state index in [2.05, 4.69) is 5.32 Å². The molecule has 0 radical (unpaired) electrons. The molecule has 1 N–H and O–H groups in total. The van der Waals surface area contributed by atoms with Gasteiger partial charge in [0.1, 0.15) is 0 Å². The highest BCUT2D eigenvalue weighted by Crippen LogP contribution is 2.32. The number of hydrogen-bond donors (Lipinski definition) is 1. The molecule has 24 heavy (non-hydrogen) atoms. The Bertz CT molecular complexity index is 770. The van der Waals surface area contributed by atoms with Gasteiger partial charge in [0, 0.05) is 20.1 Å². The second-order valence-electron chi connectivity index (χ2n) is 5.42. The first-order valence-electron chi connectivity index (χ1n) is 7.35. The summed E-state index contributed by atoms with van der Waals surface area (Å²) in [5.74, 6) is 1.54. The fourth-order valence-electron chi connectivity index (χ4n) is 2.36. The van der Waals surface area contributed by atoms with Crippen LogP contribution in [0.2, 0.25) is 10.0 Å². The zero-order chi connectivity index (χ0) is 17.1. The van der Waals surface area contributed by atoms with E-state index in [4.69, 9.17) is 44.9 Å². The molecule has 1 aliphatic rings.